The first kappa shape index (κ1) is 22.6. The molecule has 29 heavy (non-hydrogen) atoms. The average molecular weight is 401 g/mol. The topological polar surface area (TPSA) is 60.0 Å². The third-order valence-corrected chi connectivity index (χ3v) is 4.87. The summed E-state index contributed by atoms with van der Waals surface area (Å²) < 4.78 is 16.1. The number of hydrogen-bond donors (Lipinski definition) is 1. The van der Waals surface area contributed by atoms with E-state index in [4.69, 9.17) is 14.2 Å². The molecule has 1 unspecified atom stereocenters. The fraction of sp³-hybridized carbons (Fsp3) is 0.435. The lowest BCUT2D eigenvalue weighted by molar-refractivity contribution is -0.122. The first-order valence-corrected chi connectivity index (χ1v) is 9.63. The zero-order valence-electron chi connectivity index (χ0n) is 18.5. The van der Waals surface area contributed by atoms with E-state index in [-0.39, 0.29) is 11.9 Å². The maximum atomic E-state index is 12.6. The SMILES string of the molecule is COc1ccc(OC)c(C(C)NC(=O)CN(C)Cc2cc(C)c(OC)c(C)c2)c1. The number of carbonyl (C=O) groups excluding carboxylic acids is 1. The third-order valence-electron chi connectivity index (χ3n) is 4.87. The Bertz CT molecular complexity index is 828. The Morgan fingerprint density at radius 2 is 1.69 bits per heavy atom. The third kappa shape index (κ3) is 5.87. The first-order chi connectivity index (χ1) is 13.8. The molecule has 6 nitrogen and oxygen atoms in total. The van der Waals surface area contributed by atoms with Crippen molar-refractivity contribution in [2.75, 3.05) is 34.9 Å². The molecule has 2 rings (SSSR count). The highest BCUT2D eigenvalue weighted by Crippen LogP contribution is 2.29. The molecule has 0 aliphatic carbocycles. The summed E-state index contributed by atoms with van der Waals surface area (Å²) in [5.41, 5.74) is 4.22. The van der Waals surface area contributed by atoms with E-state index >= 15 is 0 Å². The van der Waals surface area contributed by atoms with Gasteiger partial charge in [-0.05, 0) is 62.7 Å². The van der Waals surface area contributed by atoms with Gasteiger partial charge in [0.25, 0.3) is 0 Å². The molecule has 0 aliphatic rings. The molecule has 0 saturated carbocycles. The smallest absolute Gasteiger partial charge is 0.234 e. The van der Waals surface area contributed by atoms with Gasteiger partial charge in [-0.3, -0.25) is 9.69 Å². The first-order valence-electron chi connectivity index (χ1n) is 9.63. The van der Waals surface area contributed by atoms with Crippen LogP contribution in [0.2, 0.25) is 0 Å². The number of methoxy groups -OCH3 is 3. The van der Waals surface area contributed by atoms with E-state index in [2.05, 4.69) is 17.4 Å². The van der Waals surface area contributed by atoms with Crippen LogP contribution in [0.5, 0.6) is 17.2 Å². The monoisotopic (exact) mass is 400 g/mol. The van der Waals surface area contributed by atoms with Crippen LogP contribution >= 0.6 is 0 Å². The number of aryl methyl sites for hydroxylation is 2. The van der Waals surface area contributed by atoms with Gasteiger partial charge in [0.15, 0.2) is 0 Å². The number of nitrogens with zero attached hydrogens (tertiary/aromatic N) is 1. The van der Waals surface area contributed by atoms with Gasteiger partial charge >= 0.3 is 0 Å². The van der Waals surface area contributed by atoms with Gasteiger partial charge in [0.1, 0.15) is 17.2 Å². The van der Waals surface area contributed by atoms with Crippen molar-refractivity contribution in [3.05, 3.63) is 52.6 Å². The van der Waals surface area contributed by atoms with Gasteiger partial charge < -0.3 is 19.5 Å². The quantitative estimate of drug-likeness (QED) is 0.696. The second kappa shape index (κ2) is 10.2. The summed E-state index contributed by atoms with van der Waals surface area (Å²) in [5, 5.41) is 3.04. The summed E-state index contributed by atoms with van der Waals surface area (Å²) in [4.78, 5) is 14.6. The molecular weight excluding hydrogens is 368 g/mol. The minimum Gasteiger partial charge on any atom is -0.497 e. The highest BCUT2D eigenvalue weighted by atomic mass is 16.5. The van der Waals surface area contributed by atoms with Gasteiger partial charge in [-0.1, -0.05) is 12.1 Å². The lowest BCUT2D eigenvalue weighted by Crippen LogP contribution is -2.36. The number of rotatable bonds is 9. The Labute approximate surface area is 173 Å². The van der Waals surface area contributed by atoms with Crippen LogP contribution in [0.1, 0.15) is 35.2 Å². The number of amides is 1. The molecule has 0 fully saturated rings. The maximum absolute atomic E-state index is 12.6. The molecule has 2 aromatic carbocycles. The molecule has 0 heterocycles. The average Bonchev–Trinajstić information content (AvgIpc) is 2.66. The zero-order chi connectivity index (χ0) is 21.6. The molecule has 0 spiro atoms. The second-order valence-corrected chi connectivity index (χ2v) is 7.33. The van der Waals surface area contributed by atoms with Crippen molar-refractivity contribution in [2.45, 2.75) is 33.4 Å². The summed E-state index contributed by atoms with van der Waals surface area (Å²) >= 11 is 0. The van der Waals surface area contributed by atoms with Crippen molar-refractivity contribution in [3.8, 4) is 17.2 Å². The Kier molecular flexibility index (Phi) is 7.91. The zero-order valence-corrected chi connectivity index (χ0v) is 18.5. The van der Waals surface area contributed by atoms with Gasteiger partial charge in [-0.15, -0.1) is 0 Å². The van der Waals surface area contributed by atoms with Crippen molar-refractivity contribution in [3.63, 3.8) is 0 Å². The van der Waals surface area contributed by atoms with Crippen LogP contribution in [-0.4, -0.2) is 45.7 Å². The summed E-state index contributed by atoms with van der Waals surface area (Å²) in [6, 6.07) is 9.57. The molecule has 0 aromatic heterocycles. The van der Waals surface area contributed by atoms with Gasteiger partial charge in [0, 0.05) is 12.1 Å². The van der Waals surface area contributed by atoms with Gasteiger partial charge in [-0.25, -0.2) is 0 Å². The van der Waals surface area contributed by atoms with Crippen LogP contribution in [0.4, 0.5) is 0 Å². The number of benzene rings is 2. The predicted octanol–water partition coefficient (Wildman–Crippen LogP) is 3.64. The van der Waals surface area contributed by atoms with E-state index in [0.717, 1.165) is 39.5 Å². The minimum atomic E-state index is -0.202. The van der Waals surface area contributed by atoms with Crippen molar-refractivity contribution >= 4 is 5.91 Å². The summed E-state index contributed by atoms with van der Waals surface area (Å²) in [5.74, 6) is 2.31. The Hall–Kier alpha value is -2.73. The number of ether oxygens (including phenoxy) is 3. The maximum Gasteiger partial charge on any atom is 0.234 e. The van der Waals surface area contributed by atoms with Crippen molar-refractivity contribution in [1.29, 1.82) is 0 Å². The van der Waals surface area contributed by atoms with Crippen LogP contribution in [0.25, 0.3) is 0 Å². The Morgan fingerprint density at radius 3 is 2.24 bits per heavy atom. The molecule has 0 radical (unpaired) electrons. The lowest BCUT2D eigenvalue weighted by Gasteiger charge is -2.21. The van der Waals surface area contributed by atoms with E-state index in [1.165, 1.54) is 0 Å². The molecular formula is C23H32N2O4. The highest BCUT2D eigenvalue weighted by Gasteiger charge is 2.17. The predicted molar refractivity (Wildman–Crippen MR) is 115 cm³/mol. The van der Waals surface area contributed by atoms with Gasteiger partial charge in [0.05, 0.1) is 33.9 Å². The lowest BCUT2D eigenvalue weighted by atomic mass is 10.1. The number of nitrogens with one attached hydrogen (secondary N) is 1. The fourth-order valence-electron chi connectivity index (χ4n) is 3.61. The largest absolute Gasteiger partial charge is 0.497 e. The molecule has 1 amide bonds. The Morgan fingerprint density at radius 1 is 1.03 bits per heavy atom. The van der Waals surface area contributed by atoms with E-state index in [0.29, 0.717) is 13.1 Å². The van der Waals surface area contributed by atoms with Crippen LogP contribution in [-0.2, 0) is 11.3 Å². The van der Waals surface area contributed by atoms with Gasteiger partial charge in [0.2, 0.25) is 5.91 Å². The molecule has 0 bridgehead atoms. The number of carbonyl (C=O) groups is 1. The standard InChI is InChI=1S/C23H32N2O4/c1-15-10-18(11-16(2)23(15)29-7)13-25(4)14-22(26)24-17(3)20-12-19(27-5)8-9-21(20)28-6/h8-12,17H,13-14H2,1-7H3,(H,24,26). The molecule has 2 aromatic rings. The molecule has 158 valence electrons. The molecule has 1 N–H and O–H groups in total. The normalized spacial score (nSPS) is 11.9. The molecule has 0 saturated heterocycles. The Balaban J connectivity index is 2.00. The summed E-state index contributed by atoms with van der Waals surface area (Å²) in [6.45, 7) is 6.97. The molecule has 1 atom stereocenters. The fourth-order valence-corrected chi connectivity index (χ4v) is 3.61. The second-order valence-electron chi connectivity index (χ2n) is 7.33. The minimum absolute atomic E-state index is 0.0492. The van der Waals surface area contributed by atoms with Crippen molar-refractivity contribution in [2.24, 2.45) is 0 Å². The van der Waals surface area contributed by atoms with E-state index < -0.39 is 0 Å². The van der Waals surface area contributed by atoms with Gasteiger partial charge in [-0.2, -0.15) is 0 Å². The highest BCUT2D eigenvalue weighted by molar-refractivity contribution is 5.78. The van der Waals surface area contributed by atoms with Crippen molar-refractivity contribution < 1.29 is 19.0 Å². The summed E-state index contributed by atoms with van der Waals surface area (Å²) in [7, 11) is 6.86. The molecule has 6 heteroatoms. The molecule has 0 aliphatic heterocycles. The van der Waals surface area contributed by atoms with E-state index in [1.807, 2.05) is 50.9 Å². The number of likely N-dealkylation sites (N-methyl/N-ethyl adjacent to an activating group) is 1. The van der Waals surface area contributed by atoms with E-state index in [1.54, 1.807) is 21.3 Å². The van der Waals surface area contributed by atoms with Crippen molar-refractivity contribution in [1.82, 2.24) is 10.2 Å². The van der Waals surface area contributed by atoms with Crippen LogP contribution in [0.3, 0.4) is 0 Å². The van der Waals surface area contributed by atoms with Crippen LogP contribution < -0.4 is 19.5 Å². The number of hydrogen-bond acceptors (Lipinski definition) is 5. The van der Waals surface area contributed by atoms with E-state index in [9.17, 15) is 4.79 Å². The van der Waals surface area contributed by atoms with Crippen LogP contribution in [0.15, 0.2) is 30.3 Å². The van der Waals surface area contributed by atoms with Crippen LogP contribution in [0, 0.1) is 13.8 Å². The summed E-state index contributed by atoms with van der Waals surface area (Å²) in [6.07, 6.45) is 0.